The molecule has 3 heterocycles. The predicted molar refractivity (Wildman–Crippen MR) is 163 cm³/mol. The highest BCUT2D eigenvalue weighted by molar-refractivity contribution is 7.18. The van der Waals surface area contributed by atoms with Gasteiger partial charge >= 0.3 is 6.03 Å². The van der Waals surface area contributed by atoms with Gasteiger partial charge in [-0.3, -0.25) is 4.79 Å². The summed E-state index contributed by atoms with van der Waals surface area (Å²) in [7, 11) is 3.45. The molecule has 3 aromatic heterocycles. The van der Waals surface area contributed by atoms with Crippen LogP contribution in [0, 0.1) is 0 Å². The number of benzene rings is 2. The van der Waals surface area contributed by atoms with Gasteiger partial charge in [0.1, 0.15) is 17.3 Å². The number of carbonyl (C=O) groups is 2. The number of urea groups is 1. The molecule has 9 nitrogen and oxygen atoms in total. The van der Waals surface area contributed by atoms with Gasteiger partial charge in [0.2, 0.25) is 0 Å². The van der Waals surface area contributed by atoms with E-state index in [0.717, 1.165) is 37.7 Å². The van der Waals surface area contributed by atoms with Crippen molar-refractivity contribution in [3.8, 4) is 16.9 Å². The molecule has 0 unspecified atom stereocenters. The lowest BCUT2D eigenvalue weighted by Crippen LogP contribution is -2.35. The van der Waals surface area contributed by atoms with Gasteiger partial charge in [-0.15, -0.1) is 11.3 Å². The Bertz CT molecular complexity index is 1750. The Morgan fingerprint density at radius 1 is 1.15 bits per heavy atom. The summed E-state index contributed by atoms with van der Waals surface area (Å²) in [4.78, 5) is 29.2. The largest absolute Gasteiger partial charge is 0.495 e. The number of anilines is 2. The van der Waals surface area contributed by atoms with Crippen molar-refractivity contribution in [3.05, 3.63) is 77.4 Å². The van der Waals surface area contributed by atoms with Crippen LogP contribution in [0.4, 0.5) is 16.3 Å². The van der Waals surface area contributed by atoms with Gasteiger partial charge < -0.3 is 31.0 Å². The molecule has 0 aliphatic carbocycles. The van der Waals surface area contributed by atoms with Gasteiger partial charge in [-0.25, -0.2) is 9.78 Å². The lowest BCUT2D eigenvalue weighted by Gasteiger charge is -2.13. The van der Waals surface area contributed by atoms with Gasteiger partial charge in [0.15, 0.2) is 0 Å². The molecular weight excluding hydrogens is 524 g/mol. The van der Waals surface area contributed by atoms with E-state index in [9.17, 15) is 9.59 Å². The van der Waals surface area contributed by atoms with Crippen LogP contribution in [0.1, 0.15) is 23.0 Å². The van der Waals surface area contributed by atoms with E-state index < -0.39 is 0 Å². The number of fused-ring (bicyclic) bond motifs is 2. The van der Waals surface area contributed by atoms with Gasteiger partial charge in [0, 0.05) is 58.5 Å². The van der Waals surface area contributed by atoms with Crippen LogP contribution in [0.5, 0.6) is 5.75 Å². The SMILES string of the molecule is CCNC(=O)NCC=Cc1cnc(N)c2c(-c3ccc(NC(=O)c4cc5ccccc5n4C)c(OC)c3)csc12. The van der Waals surface area contributed by atoms with E-state index in [1.807, 2.05) is 84.6 Å². The molecule has 0 atom stereocenters. The molecule has 0 aliphatic heterocycles. The number of nitrogens with one attached hydrogen (secondary N) is 3. The van der Waals surface area contributed by atoms with Gasteiger partial charge in [0.05, 0.1) is 12.8 Å². The number of ether oxygens (including phenoxy) is 1. The molecule has 5 N–H and O–H groups in total. The number of amides is 3. The number of hydrogen-bond acceptors (Lipinski definition) is 6. The molecule has 0 saturated carbocycles. The molecule has 5 aromatic rings. The number of thiophene rings is 1. The summed E-state index contributed by atoms with van der Waals surface area (Å²) < 4.78 is 8.53. The standard InChI is InChI=1S/C30H30N6O3S/c1-4-32-30(38)33-13-7-9-20-16-34-28(31)26-21(17-40-27(20)26)18-11-12-22(25(15-18)39-3)35-29(37)24-14-19-8-5-6-10-23(19)36(24)2/h5-12,14-17H,4,13H2,1-3H3,(H2,31,34)(H,35,37)(H2,32,33,38). The lowest BCUT2D eigenvalue weighted by molar-refractivity contribution is 0.101. The van der Waals surface area contributed by atoms with Crippen LogP contribution < -0.4 is 26.4 Å². The molecule has 10 heteroatoms. The Hall–Kier alpha value is -4.83. The number of pyridine rings is 1. The summed E-state index contributed by atoms with van der Waals surface area (Å²) in [5, 5.41) is 12.3. The molecule has 0 fully saturated rings. The summed E-state index contributed by atoms with van der Waals surface area (Å²) in [5.74, 6) is 0.733. The Morgan fingerprint density at radius 3 is 2.75 bits per heavy atom. The van der Waals surface area contributed by atoms with E-state index >= 15 is 0 Å². The molecule has 2 aromatic carbocycles. The number of nitrogen functional groups attached to an aromatic ring is 1. The lowest BCUT2D eigenvalue weighted by atomic mass is 10.0. The van der Waals surface area contributed by atoms with Crippen molar-refractivity contribution < 1.29 is 14.3 Å². The average Bonchev–Trinajstić information content (AvgIpc) is 3.55. The van der Waals surface area contributed by atoms with Crippen LogP contribution in [0.15, 0.2) is 66.2 Å². The molecule has 0 bridgehead atoms. The molecule has 0 saturated heterocycles. The molecule has 0 spiro atoms. The number of aromatic nitrogens is 2. The minimum atomic E-state index is -0.225. The summed E-state index contributed by atoms with van der Waals surface area (Å²) in [5.41, 5.74) is 11.1. The van der Waals surface area contributed by atoms with Gasteiger partial charge in [-0.05, 0) is 42.1 Å². The van der Waals surface area contributed by atoms with E-state index in [-0.39, 0.29) is 11.9 Å². The number of para-hydroxylation sites is 1. The molecule has 0 aliphatic rings. The molecule has 40 heavy (non-hydrogen) atoms. The summed E-state index contributed by atoms with van der Waals surface area (Å²) in [6.45, 7) is 2.82. The number of methoxy groups -OCH3 is 1. The zero-order valence-corrected chi connectivity index (χ0v) is 23.3. The number of rotatable bonds is 8. The van der Waals surface area contributed by atoms with Crippen molar-refractivity contribution in [2.75, 3.05) is 31.2 Å². The van der Waals surface area contributed by atoms with Crippen molar-refractivity contribution in [1.29, 1.82) is 0 Å². The topological polar surface area (TPSA) is 123 Å². The fourth-order valence-corrected chi connectivity index (χ4v) is 5.71. The third-order valence-corrected chi connectivity index (χ3v) is 7.64. The van der Waals surface area contributed by atoms with Crippen LogP contribution >= 0.6 is 11.3 Å². The number of nitrogens with zero attached hydrogens (tertiary/aromatic N) is 2. The Kier molecular flexibility index (Phi) is 7.70. The maximum atomic E-state index is 13.2. The second-order valence-corrected chi connectivity index (χ2v) is 9.99. The highest BCUT2D eigenvalue weighted by Gasteiger charge is 2.18. The summed E-state index contributed by atoms with van der Waals surface area (Å²) >= 11 is 1.57. The smallest absolute Gasteiger partial charge is 0.315 e. The Labute approximate surface area is 235 Å². The number of hydrogen-bond donors (Lipinski definition) is 4. The number of carbonyl (C=O) groups excluding carboxylic acids is 2. The summed E-state index contributed by atoms with van der Waals surface area (Å²) in [6.07, 6.45) is 5.53. The molecule has 3 amide bonds. The van der Waals surface area contributed by atoms with E-state index in [1.54, 1.807) is 24.6 Å². The van der Waals surface area contributed by atoms with E-state index in [0.29, 0.717) is 36.0 Å². The Balaban J connectivity index is 1.41. The van der Waals surface area contributed by atoms with Gasteiger partial charge in [-0.2, -0.15) is 0 Å². The fraction of sp³-hybridized carbons (Fsp3) is 0.167. The maximum absolute atomic E-state index is 13.2. The third-order valence-electron chi connectivity index (χ3n) is 6.61. The van der Waals surface area contributed by atoms with Crippen LogP contribution in [0.3, 0.4) is 0 Å². The predicted octanol–water partition coefficient (Wildman–Crippen LogP) is 5.63. The molecule has 0 radical (unpaired) electrons. The second kappa shape index (κ2) is 11.5. The van der Waals surface area contributed by atoms with Crippen molar-refractivity contribution in [2.24, 2.45) is 7.05 Å². The van der Waals surface area contributed by atoms with E-state index in [4.69, 9.17) is 10.5 Å². The minimum absolute atomic E-state index is 0.211. The molecule has 204 valence electrons. The van der Waals surface area contributed by atoms with Crippen molar-refractivity contribution in [2.45, 2.75) is 6.92 Å². The fourth-order valence-electron chi connectivity index (χ4n) is 4.63. The first kappa shape index (κ1) is 26.8. The van der Waals surface area contributed by atoms with E-state index in [2.05, 4.69) is 20.9 Å². The Morgan fingerprint density at radius 2 is 1.98 bits per heavy atom. The van der Waals surface area contributed by atoms with Crippen LogP contribution in [0.25, 0.3) is 38.2 Å². The second-order valence-electron chi connectivity index (χ2n) is 9.11. The first-order valence-electron chi connectivity index (χ1n) is 12.8. The van der Waals surface area contributed by atoms with Crippen LogP contribution in [-0.2, 0) is 7.05 Å². The van der Waals surface area contributed by atoms with Gasteiger partial charge in [-0.1, -0.05) is 36.4 Å². The molecular formula is C30H30N6O3S. The summed E-state index contributed by atoms with van der Waals surface area (Å²) in [6, 6.07) is 15.2. The zero-order valence-electron chi connectivity index (χ0n) is 22.4. The first-order valence-corrected chi connectivity index (χ1v) is 13.7. The van der Waals surface area contributed by atoms with Gasteiger partial charge in [0.25, 0.3) is 5.91 Å². The third kappa shape index (κ3) is 5.21. The van der Waals surface area contributed by atoms with Crippen molar-refractivity contribution >= 4 is 61.8 Å². The zero-order chi connectivity index (χ0) is 28.2. The highest BCUT2D eigenvalue weighted by Crippen LogP contribution is 2.41. The van der Waals surface area contributed by atoms with Crippen molar-refractivity contribution in [1.82, 2.24) is 20.2 Å². The molecule has 5 rings (SSSR count). The minimum Gasteiger partial charge on any atom is -0.495 e. The van der Waals surface area contributed by atoms with E-state index in [1.165, 1.54) is 0 Å². The quantitative estimate of drug-likeness (QED) is 0.198. The number of aryl methyl sites for hydroxylation is 1. The first-order chi connectivity index (χ1) is 19.4. The van der Waals surface area contributed by atoms with Crippen LogP contribution in [-0.4, -0.2) is 41.7 Å². The monoisotopic (exact) mass is 554 g/mol. The number of nitrogens with two attached hydrogens (primary N) is 1. The van der Waals surface area contributed by atoms with Crippen molar-refractivity contribution in [3.63, 3.8) is 0 Å². The highest BCUT2D eigenvalue weighted by atomic mass is 32.1. The average molecular weight is 555 g/mol. The maximum Gasteiger partial charge on any atom is 0.315 e. The normalized spacial score (nSPS) is 11.3. The van der Waals surface area contributed by atoms with Crippen LogP contribution in [0.2, 0.25) is 0 Å².